The third kappa shape index (κ3) is 1.79. The molecule has 102 valence electrons. The zero-order valence-electron chi connectivity index (χ0n) is 11.2. The van der Waals surface area contributed by atoms with Crippen LogP contribution in [0.15, 0.2) is 30.6 Å². The van der Waals surface area contributed by atoms with Crippen LogP contribution in [-0.4, -0.2) is 26.3 Å². The summed E-state index contributed by atoms with van der Waals surface area (Å²) in [6.45, 7) is 1.04. The zero-order valence-corrected chi connectivity index (χ0v) is 12.0. The highest BCUT2D eigenvalue weighted by Gasteiger charge is 2.31. The molecular weight excluding hydrogens is 270 g/mol. The minimum Gasteiger partial charge on any atom is -0.338 e. The van der Waals surface area contributed by atoms with Crippen molar-refractivity contribution in [2.75, 3.05) is 11.4 Å². The molecule has 20 heavy (non-hydrogen) atoms. The van der Waals surface area contributed by atoms with Crippen LogP contribution in [0, 0.1) is 0 Å². The largest absolute Gasteiger partial charge is 0.338 e. The summed E-state index contributed by atoms with van der Waals surface area (Å²) in [6, 6.07) is 8.60. The van der Waals surface area contributed by atoms with E-state index >= 15 is 0 Å². The van der Waals surface area contributed by atoms with Gasteiger partial charge in [-0.05, 0) is 25.0 Å². The predicted molar refractivity (Wildman–Crippen MR) is 79.9 cm³/mol. The van der Waals surface area contributed by atoms with Gasteiger partial charge in [0.15, 0.2) is 11.0 Å². The van der Waals surface area contributed by atoms with Crippen LogP contribution in [0.25, 0.3) is 10.2 Å². The first-order valence-electron chi connectivity index (χ1n) is 6.79. The first-order valence-corrected chi connectivity index (χ1v) is 7.61. The van der Waals surface area contributed by atoms with E-state index in [1.807, 2.05) is 17.7 Å². The maximum Gasteiger partial charge on any atom is 0.187 e. The lowest BCUT2D eigenvalue weighted by Gasteiger charge is -2.22. The molecule has 1 atom stereocenters. The predicted octanol–water partition coefficient (Wildman–Crippen LogP) is 2.77. The molecule has 5 nitrogen and oxygen atoms in total. The second-order valence-corrected chi connectivity index (χ2v) is 6.12. The fourth-order valence-electron chi connectivity index (χ4n) is 2.84. The molecule has 3 heterocycles. The fraction of sp³-hybridized carbons (Fsp3) is 0.357. The molecule has 1 aromatic carbocycles. The molecule has 0 amide bonds. The summed E-state index contributed by atoms with van der Waals surface area (Å²) < 4.78 is 3.25. The van der Waals surface area contributed by atoms with E-state index in [0.29, 0.717) is 6.04 Å². The summed E-state index contributed by atoms with van der Waals surface area (Å²) in [7, 11) is 2.00. The van der Waals surface area contributed by atoms with Gasteiger partial charge in [-0.1, -0.05) is 23.5 Å². The van der Waals surface area contributed by atoms with Gasteiger partial charge >= 0.3 is 0 Å². The van der Waals surface area contributed by atoms with Crippen molar-refractivity contribution in [1.82, 2.24) is 19.7 Å². The Kier molecular flexibility index (Phi) is 2.70. The molecule has 0 saturated carbocycles. The van der Waals surface area contributed by atoms with Crippen molar-refractivity contribution in [2.24, 2.45) is 7.05 Å². The first-order chi connectivity index (χ1) is 9.83. The molecule has 1 fully saturated rings. The third-order valence-corrected chi connectivity index (χ3v) is 4.90. The first kappa shape index (κ1) is 11.8. The van der Waals surface area contributed by atoms with Gasteiger partial charge in [0.05, 0.1) is 16.3 Å². The number of anilines is 1. The fourth-order valence-corrected chi connectivity index (χ4v) is 3.88. The van der Waals surface area contributed by atoms with Crippen LogP contribution in [-0.2, 0) is 7.05 Å². The van der Waals surface area contributed by atoms with Gasteiger partial charge in [0.25, 0.3) is 0 Å². The van der Waals surface area contributed by atoms with E-state index < -0.39 is 0 Å². The van der Waals surface area contributed by atoms with Gasteiger partial charge in [0.2, 0.25) is 0 Å². The summed E-state index contributed by atoms with van der Waals surface area (Å²) in [5.41, 5.74) is 1.08. The molecule has 6 heteroatoms. The Balaban J connectivity index is 1.75. The van der Waals surface area contributed by atoms with Crippen molar-refractivity contribution >= 4 is 26.7 Å². The number of nitrogens with zero attached hydrogens (tertiary/aromatic N) is 5. The number of hydrogen-bond donors (Lipinski definition) is 0. The summed E-state index contributed by atoms with van der Waals surface area (Å²) in [6.07, 6.45) is 4.06. The molecule has 0 unspecified atom stereocenters. The number of thiazole rings is 1. The van der Waals surface area contributed by atoms with Gasteiger partial charge < -0.3 is 9.47 Å². The Labute approximate surface area is 120 Å². The van der Waals surface area contributed by atoms with E-state index in [4.69, 9.17) is 4.98 Å². The standard InChI is InChI=1S/C14H15N5S/c1-18-9-15-17-13(18)11-6-4-8-19(11)14-16-10-5-2-3-7-12(10)20-14/h2-3,5,7,9,11H,4,6,8H2,1H3/t11-/m0/s1. The minimum absolute atomic E-state index is 0.295. The normalized spacial score (nSPS) is 19.1. The van der Waals surface area contributed by atoms with Gasteiger partial charge in [-0.3, -0.25) is 0 Å². The number of benzene rings is 1. The van der Waals surface area contributed by atoms with E-state index in [-0.39, 0.29) is 0 Å². The smallest absolute Gasteiger partial charge is 0.187 e. The average molecular weight is 285 g/mol. The summed E-state index contributed by atoms with van der Waals surface area (Å²) in [5.74, 6) is 1.03. The van der Waals surface area contributed by atoms with Gasteiger partial charge in [0, 0.05) is 13.6 Å². The molecule has 4 rings (SSSR count). The van der Waals surface area contributed by atoms with E-state index in [9.17, 15) is 0 Å². The average Bonchev–Trinajstić information content (AvgIpc) is 3.15. The number of fused-ring (bicyclic) bond motifs is 1. The topological polar surface area (TPSA) is 46.8 Å². The molecule has 3 aromatic rings. The van der Waals surface area contributed by atoms with Crippen molar-refractivity contribution in [3.63, 3.8) is 0 Å². The maximum atomic E-state index is 4.77. The molecule has 0 bridgehead atoms. The van der Waals surface area contributed by atoms with Crippen LogP contribution in [0.5, 0.6) is 0 Å². The lowest BCUT2D eigenvalue weighted by Crippen LogP contribution is -2.24. The molecule has 1 saturated heterocycles. The Hall–Kier alpha value is -1.95. The van der Waals surface area contributed by atoms with E-state index in [0.717, 1.165) is 29.4 Å². The Morgan fingerprint density at radius 1 is 1.30 bits per heavy atom. The van der Waals surface area contributed by atoms with Crippen molar-refractivity contribution in [2.45, 2.75) is 18.9 Å². The van der Waals surface area contributed by atoms with Crippen LogP contribution in [0.4, 0.5) is 5.13 Å². The number of rotatable bonds is 2. The van der Waals surface area contributed by atoms with Crippen LogP contribution in [0.1, 0.15) is 24.7 Å². The van der Waals surface area contributed by atoms with Gasteiger partial charge in [0.1, 0.15) is 6.33 Å². The molecule has 1 aliphatic rings. The second-order valence-electron chi connectivity index (χ2n) is 5.12. The lowest BCUT2D eigenvalue weighted by molar-refractivity contribution is 0.628. The Morgan fingerprint density at radius 3 is 3.00 bits per heavy atom. The number of hydrogen-bond acceptors (Lipinski definition) is 5. The van der Waals surface area contributed by atoms with Crippen LogP contribution < -0.4 is 4.90 Å². The highest BCUT2D eigenvalue weighted by atomic mass is 32.1. The lowest BCUT2D eigenvalue weighted by atomic mass is 10.2. The molecule has 1 aliphatic heterocycles. The van der Waals surface area contributed by atoms with Crippen molar-refractivity contribution in [3.05, 3.63) is 36.4 Å². The summed E-state index contributed by atoms with van der Waals surface area (Å²) in [5, 5.41) is 9.38. The molecule has 2 aromatic heterocycles. The Bertz CT molecular complexity index is 714. The van der Waals surface area contributed by atoms with Gasteiger partial charge in [-0.15, -0.1) is 10.2 Å². The van der Waals surface area contributed by atoms with E-state index in [1.165, 1.54) is 11.1 Å². The number of para-hydroxylation sites is 1. The molecule has 0 spiro atoms. The second kappa shape index (κ2) is 4.56. The molecule has 0 N–H and O–H groups in total. The van der Waals surface area contributed by atoms with Crippen LogP contribution in [0.3, 0.4) is 0 Å². The highest BCUT2D eigenvalue weighted by Crippen LogP contribution is 2.38. The monoisotopic (exact) mass is 285 g/mol. The zero-order chi connectivity index (χ0) is 13.5. The quantitative estimate of drug-likeness (QED) is 0.726. The van der Waals surface area contributed by atoms with Crippen molar-refractivity contribution < 1.29 is 0 Å². The number of aromatic nitrogens is 4. The summed E-state index contributed by atoms with van der Waals surface area (Å²) >= 11 is 1.76. The SMILES string of the molecule is Cn1cnnc1[C@@H]1CCCN1c1nc2ccccc2s1. The number of aryl methyl sites for hydroxylation is 1. The van der Waals surface area contributed by atoms with Crippen molar-refractivity contribution in [1.29, 1.82) is 0 Å². The third-order valence-electron chi connectivity index (χ3n) is 3.83. The highest BCUT2D eigenvalue weighted by molar-refractivity contribution is 7.22. The van der Waals surface area contributed by atoms with E-state index in [1.54, 1.807) is 17.7 Å². The minimum atomic E-state index is 0.295. The van der Waals surface area contributed by atoms with E-state index in [2.05, 4.69) is 33.3 Å². The van der Waals surface area contributed by atoms with Crippen molar-refractivity contribution in [3.8, 4) is 0 Å². The van der Waals surface area contributed by atoms with Gasteiger partial charge in [-0.2, -0.15) is 0 Å². The van der Waals surface area contributed by atoms with Crippen LogP contribution >= 0.6 is 11.3 Å². The molecule has 0 aliphatic carbocycles. The van der Waals surface area contributed by atoms with Gasteiger partial charge in [-0.25, -0.2) is 4.98 Å². The van der Waals surface area contributed by atoms with Crippen LogP contribution in [0.2, 0.25) is 0 Å². The maximum absolute atomic E-state index is 4.77. The Morgan fingerprint density at radius 2 is 2.20 bits per heavy atom. The molecule has 0 radical (unpaired) electrons. The summed E-state index contributed by atoms with van der Waals surface area (Å²) in [4.78, 5) is 7.14. The molecular formula is C14H15N5S.